The number of anilines is 1. The van der Waals surface area contributed by atoms with Gasteiger partial charge in [-0.3, -0.25) is 0 Å². The molecule has 2 rings (SSSR count). The standard InChI is InChI=1S/C12H13BrN2O2S2/c1-8-2-3-9(19(14,16)17)6-11(8)15-7-12-10(13)4-5-18-12/h2-6,15H,7H2,1H3,(H2,14,16,17). The number of thiophene rings is 1. The second kappa shape index (κ2) is 5.62. The number of benzene rings is 1. The summed E-state index contributed by atoms with van der Waals surface area (Å²) in [4.78, 5) is 1.27. The van der Waals surface area contributed by atoms with Crippen molar-refractivity contribution < 1.29 is 8.42 Å². The molecule has 0 fully saturated rings. The summed E-state index contributed by atoms with van der Waals surface area (Å²) in [5, 5.41) is 10.4. The monoisotopic (exact) mass is 360 g/mol. The number of nitrogens with one attached hydrogen (secondary N) is 1. The molecule has 0 atom stereocenters. The fourth-order valence-corrected chi connectivity index (χ4v) is 3.57. The van der Waals surface area contributed by atoms with Gasteiger partial charge in [-0.05, 0) is 52.0 Å². The lowest BCUT2D eigenvalue weighted by Crippen LogP contribution is -2.12. The second-order valence-electron chi connectivity index (χ2n) is 4.07. The van der Waals surface area contributed by atoms with Gasteiger partial charge in [-0.15, -0.1) is 11.3 Å². The van der Waals surface area contributed by atoms with Gasteiger partial charge in [0.2, 0.25) is 10.0 Å². The molecule has 0 amide bonds. The minimum atomic E-state index is -3.67. The van der Waals surface area contributed by atoms with Crippen molar-refractivity contribution >= 4 is 43.0 Å². The van der Waals surface area contributed by atoms with E-state index in [9.17, 15) is 8.42 Å². The molecule has 4 nitrogen and oxygen atoms in total. The molecule has 0 bridgehead atoms. The third kappa shape index (κ3) is 3.56. The van der Waals surface area contributed by atoms with Crippen LogP contribution < -0.4 is 10.5 Å². The number of halogens is 1. The van der Waals surface area contributed by atoms with Crippen LogP contribution >= 0.6 is 27.3 Å². The zero-order chi connectivity index (χ0) is 14.0. The first-order valence-electron chi connectivity index (χ1n) is 5.47. The van der Waals surface area contributed by atoms with Gasteiger partial charge in [0.05, 0.1) is 11.4 Å². The Morgan fingerprint density at radius 3 is 2.68 bits per heavy atom. The Morgan fingerprint density at radius 2 is 2.11 bits per heavy atom. The molecule has 0 unspecified atom stereocenters. The Bertz CT molecular complexity index is 696. The number of sulfonamides is 1. The molecule has 0 saturated heterocycles. The van der Waals surface area contributed by atoms with Crippen molar-refractivity contribution in [1.29, 1.82) is 0 Å². The van der Waals surface area contributed by atoms with Crippen LogP contribution in [0.25, 0.3) is 0 Å². The van der Waals surface area contributed by atoms with Gasteiger partial charge in [0.1, 0.15) is 0 Å². The van der Waals surface area contributed by atoms with Gasteiger partial charge in [0.15, 0.2) is 0 Å². The van der Waals surface area contributed by atoms with E-state index in [1.165, 1.54) is 6.07 Å². The lowest BCUT2D eigenvalue weighted by atomic mass is 10.2. The highest BCUT2D eigenvalue weighted by Gasteiger charge is 2.10. The van der Waals surface area contributed by atoms with Gasteiger partial charge in [-0.1, -0.05) is 6.07 Å². The molecule has 0 radical (unpaired) electrons. The minimum Gasteiger partial charge on any atom is -0.380 e. The third-order valence-electron chi connectivity index (χ3n) is 2.67. The fraction of sp³-hybridized carbons (Fsp3) is 0.167. The molecule has 1 heterocycles. The average Bonchev–Trinajstić information content (AvgIpc) is 2.72. The number of primary sulfonamides is 1. The van der Waals surface area contributed by atoms with Gasteiger partial charge in [0.25, 0.3) is 0 Å². The lowest BCUT2D eigenvalue weighted by Gasteiger charge is -2.10. The van der Waals surface area contributed by atoms with E-state index in [2.05, 4.69) is 21.2 Å². The van der Waals surface area contributed by atoms with E-state index >= 15 is 0 Å². The predicted octanol–water partition coefficient (Wildman–Crippen LogP) is 3.08. The number of aryl methyl sites for hydroxylation is 1. The Balaban J connectivity index is 2.23. The highest BCUT2D eigenvalue weighted by molar-refractivity contribution is 9.10. The van der Waals surface area contributed by atoms with Gasteiger partial charge >= 0.3 is 0 Å². The maximum Gasteiger partial charge on any atom is 0.238 e. The predicted molar refractivity (Wildman–Crippen MR) is 81.9 cm³/mol. The molecule has 7 heteroatoms. The van der Waals surface area contributed by atoms with Crippen LogP contribution in [0, 0.1) is 6.92 Å². The summed E-state index contributed by atoms with van der Waals surface area (Å²) in [5.74, 6) is 0. The number of hydrogen-bond donors (Lipinski definition) is 2. The fourth-order valence-electron chi connectivity index (χ4n) is 1.60. The van der Waals surface area contributed by atoms with Crippen LogP contribution in [0.5, 0.6) is 0 Å². The van der Waals surface area contributed by atoms with E-state index in [1.54, 1.807) is 23.5 Å². The van der Waals surface area contributed by atoms with Crippen molar-refractivity contribution in [2.75, 3.05) is 5.32 Å². The first-order chi connectivity index (χ1) is 8.88. The third-order valence-corrected chi connectivity index (χ3v) is 5.51. The summed E-state index contributed by atoms with van der Waals surface area (Å²) in [6.07, 6.45) is 0. The summed E-state index contributed by atoms with van der Waals surface area (Å²) in [6, 6.07) is 6.80. The largest absolute Gasteiger partial charge is 0.380 e. The summed E-state index contributed by atoms with van der Waals surface area (Å²) in [7, 11) is -3.67. The Labute approximate surface area is 124 Å². The second-order valence-corrected chi connectivity index (χ2v) is 7.48. The quantitative estimate of drug-likeness (QED) is 0.879. The van der Waals surface area contributed by atoms with Gasteiger partial charge in [0, 0.05) is 15.0 Å². The van der Waals surface area contributed by atoms with Crippen LogP contribution in [0.4, 0.5) is 5.69 Å². The minimum absolute atomic E-state index is 0.117. The van der Waals surface area contributed by atoms with Crippen molar-refractivity contribution in [3.05, 3.63) is 44.6 Å². The molecule has 0 saturated carbocycles. The average molecular weight is 361 g/mol. The van der Waals surface area contributed by atoms with Crippen LogP contribution in [0.15, 0.2) is 39.0 Å². The first kappa shape index (κ1) is 14.5. The number of hydrogen-bond acceptors (Lipinski definition) is 4. The molecule has 102 valence electrons. The zero-order valence-electron chi connectivity index (χ0n) is 10.2. The van der Waals surface area contributed by atoms with Crippen molar-refractivity contribution in [2.45, 2.75) is 18.4 Å². The van der Waals surface area contributed by atoms with Crippen molar-refractivity contribution in [3.63, 3.8) is 0 Å². The van der Waals surface area contributed by atoms with E-state index in [1.807, 2.05) is 18.4 Å². The Hall–Kier alpha value is -0.890. The number of nitrogens with two attached hydrogens (primary N) is 1. The molecular weight excluding hydrogens is 348 g/mol. The molecule has 0 aliphatic heterocycles. The SMILES string of the molecule is Cc1ccc(S(N)(=O)=O)cc1NCc1sccc1Br. The molecule has 1 aromatic carbocycles. The summed E-state index contributed by atoms with van der Waals surface area (Å²) in [6.45, 7) is 2.55. The van der Waals surface area contributed by atoms with Crippen LogP contribution in [0.1, 0.15) is 10.4 Å². The van der Waals surface area contributed by atoms with Crippen LogP contribution in [0.3, 0.4) is 0 Å². The van der Waals surface area contributed by atoms with Crippen molar-refractivity contribution in [1.82, 2.24) is 0 Å². The van der Waals surface area contributed by atoms with E-state index < -0.39 is 10.0 Å². The Kier molecular flexibility index (Phi) is 4.29. The van der Waals surface area contributed by atoms with Crippen molar-refractivity contribution in [2.24, 2.45) is 5.14 Å². The summed E-state index contributed by atoms with van der Waals surface area (Å²) in [5.41, 5.74) is 1.74. The molecule has 3 N–H and O–H groups in total. The normalized spacial score (nSPS) is 11.5. The molecule has 19 heavy (non-hydrogen) atoms. The first-order valence-corrected chi connectivity index (χ1v) is 8.69. The zero-order valence-corrected chi connectivity index (χ0v) is 13.4. The summed E-state index contributed by atoms with van der Waals surface area (Å²) >= 11 is 5.09. The van der Waals surface area contributed by atoms with E-state index in [-0.39, 0.29) is 4.90 Å². The molecule has 0 aliphatic rings. The highest BCUT2D eigenvalue weighted by Crippen LogP contribution is 2.25. The molecule has 2 aromatic rings. The van der Waals surface area contributed by atoms with Crippen LogP contribution in [0.2, 0.25) is 0 Å². The molecule has 1 aromatic heterocycles. The summed E-state index contributed by atoms with van der Waals surface area (Å²) < 4.78 is 23.7. The molecule has 0 spiro atoms. The van der Waals surface area contributed by atoms with Gasteiger partial charge in [-0.25, -0.2) is 13.6 Å². The van der Waals surface area contributed by atoms with E-state index in [0.29, 0.717) is 6.54 Å². The highest BCUT2D eigenvalue weighted by atomic mass is 79.9. The van der Waals surface area contributed by atoms with Gasteiger partial charge in [-0.2, -0.15) is 0 Å². The number of rotatable bonds is 4. The molecular formula is C12H13BrN2O2S2. The topological polar surface area (TPSA) is 72.2 Å². The van der Waals surface area contributed by atoms with Crippen LogP contribution in [-0.4, -0.2) is 8.42 Å². The maximum absolute atomic E-state index is 11.3. The molecule has 0 aliphatic carbocycles. The van der Waals surface area contributed by atoms with Gasteiger partial charge < -0.3 is 5.32 Å². The van der Waals surface area contributed by atoms with E-state index in [0.717, 1.165) is 20.6 Å². The maximum atomic E-state index is 11.3. The van der Waals surface area contributed by atoms with Crippen LogP contribution in [-0.2, 0) is 16.6 Å². The lowest BCUT2D eigenvalue weighted by molar-refractivity contribution is 0.598. The smallest absolute Gasteiger partial charge is 0.238 e. The van der Waals surface area contributed by atoms with Crippen molar-refractivity contribution in [3.8, 4) is 0 Å². The van der Waals surface area contributed by atoms with E-state index in [4.69, 9.17) is 5.14 Å². The Morgan fingerprint density at radius 1 is 1.37 bits per heavy atom.